The number of hydrogen-bond acceptors (Lipinski definition) is 7. The van der Waals surface area contributed by atoms with Crippen molar-refractivity contribution in [3.05, 3.63) is 41.7 Å². The van der Waals surface area contributed by atoms with Crippen molar-refractivity contribution in [3.8, 4) is 17.0 Å². The Morgan fingerprint density at radius 3 is 2.85 bits per heavy atom. The van der Waals surface area contributed by atoms with Crippen LogP contribution in [0.15, 0.2) is 30.3 Å². The summed E-state index contributed by atoms with van der Waals surface area (Å²) in [6.45, 7) is 4.58. The molecule has 0 amide bonds. The van der Waals surface area contributed by atoms with Gasteiger partial charge in [-0.05, 0) is 31.2 Å². The smallest absolute Gasteiger partial charge is 0.229 e. The van der Waals surface area contributed by atoms with Gasteiger partial charge in [-0.3, -0.25) is 4.68 Å². The average Bonchev–Trinajstić information content (AvgIpc) is 3.11. The fourth-order valence-corrected chi connectivity index (χ4v) is 3.19. The molecule has 1 aliphatic rings. The number of fused-ring (bicyclic) bond motifs is 1. The number of nitrogens with one attached hydrogen (secondary N) is 3. The van der Waals surface area contributed by atoms with Crippen LogP contribution in [-0.2, 0) is 13.1 Å². The minimum Gasteiger partial charge on any atom is -0.496 e. The number of rotatable bonds is 5. The highest BCUT2D eigenvalue weighted by Gasteiger charge is 2.16. The minimum atomic E-state index is 0.545. The summed E-state index contributed by atoms with van der Waals surface area (Å²) in [6.07, 6.45) is 0. The van der Waals surface area contributed by atoms with Gasteiger partial charge in [-0.25, -0.2) is 4.98 Å². The molecule has 1 aromatic carbocycles. The second kappa shape index (κ2) is 7.24. The molecule has 0 saturated carbocycles. The Hall–Kier alpha value is -3.13. The van der Waals surface area contributed by atoms with Crippen LogP contribution in [-0.4, -0.2) is 40.5 Å². The van der Waals surface area contributed by atoms with Gasteiger partial charge in [0.05, 0.1) is 25.0 Å². The molecule has 0 fully saturated rings. The maximum atomic E-state index is 5.56. The lowest BCUT2D eigenvalue weighted by Crippen LogP contribution is -2.28. The highest BCUT2D eigenvalue weighted by molar-refractivity contribution is 5.73. The Morgan fingerprint density at radius 2 is 2.07 bits per heavy atom. The molecule has 3 N–H and O–H groups in total. The summed E-state index contributed by atoms with van der Waals surface area (Å²) < 4.78 is 7.61. The van der Waals surface area contributed by atoms with Gasteiger partial charge >= 0.3 is 0 Å². The van der Waals surface area contributed by atoms with Gasteiger partial charge in [0.2, 0.25) is 5.95 Å². The molecule has 8 heteroatoms. The molecule has 4 rings (SSSR count). The molecule has 2 aromatic heterocycles. The topological polar surface area (TPSA) is 88.9 Å². The maximum absolute atomic E-state index is 5.56. The number of benzene rings is 1. The first-order chi connectivity index (χ1) is 13.2. The number of methoxy groups -OCH3 is 1. The van der Waals surface area contributed by atoms with E-state index in [1.165, 1.54) is 5.69 Å². The molecule has 3 aromatic rings. The molecule has 1 aliphatic heterocycles. The number of aromatic nitrogens is 4. The molecule has 0 saturated heterocycles. The maximum Gasteiger partial charge on any atom is 0.229 e. The second-order valence-corrected chi connectivity index (χ2v) is 6.43. The molecule has 0 spiro atoms. The predicted octanol–water partition coefficient (Wildman–Crippen LogP) is 2.55. The molecule has 0 bridgehead atoms. The molecule has 0 atom stereocenters. The van der Waals surface area contributed by atoms with E-state index < -0.39 is 0 Å². The van der Waals surface area contributed by atoms with Crippen LogP contribution in [0.2, 0.25) is 0 Å². The van der Waals surface area contributed by atoms with Crippen LogP contribution in [0.25, 0.3) is 11.3 Å². The first kappa shape index (κ1) is 17.3. The summed E-state index contributed by atoms with van der Waals surface area (Å²) in [4.78, 5) is 8.91. The first-order valence-electron chi connectivity index (χ1n) is 8.92. The second-order valence-electron chi connectivity index (χ2n) is 6.43. The van der Waals surface area contributed by atoms with Gasteiger partial charge in [0.15, 0.2) is 0 Å². The van der Waals surface area contributed by atoms with Gasteiger partial charge in [0.1, 0.15) is 11.6 Å². The van der Waals surface area contributed by atoms with E-state index in [0.29, 0.717) is 5.95 Å². The van der Waals surface area contributed by atoms with Gasteiger partial charge in [-0.1, -0.05) is 0 Å². The van der Waals surface area contributed by atoms with Crippen LogP contribution in [0.3, 0.4) is 0 Å². The summed E-state index contributed by atoms with van der Waals surface area (Å²) >= 11 is 0. The van der Waals surface area contributed by atoms with Crippen molar-refractivity contribution < 1.29 is 4.74 Å². The van der Waals surface area contributed by atoms with Gasteiger partial charge < -0.3 is 20.7 Å². The lowest BCUT2D eigenvalue weighted by Gasteiger charge is -2.13. The van der Waals surface area contributed by atoms with Crippen LogP contribution in [0.5, 0.6) is 5.75 Å². The summed E-state index contributed by atoms with van der Waals surface area (Å²) in [7, 11) is 3.51. The molecule has 0 radical (unpaired) electrons. The Balaban J connectivity index is 1.69. The van der Waals surface area contributed by atoms with E-state index in [1.54, 1.807) is 7.11 Å². The number of aryl methyl sites for hydroxylation is 1. The third-order valence-corrected chi connectivity index (χ3v) is 4.51. The molecule has 3 heterocycles. The van der Waals surface area contributed by atoms with Crippen molar-refractivity contribution in [2.24, 2.45) is 0 Å². The standard InChI is InChI=1S/C19H23N7O/c1-12-8-18(20-2)24-19(22-12)23-13-4-5-17(27-3)15(9-13)16-10-14-11-21-6-7-26(14)25-16/h4-5,8-10,21H,6-7,11H2,1-3H3,(H2,20,22,23,24). The quantitative estimate of drug-likeness (QED) is 0.640. The molecule has 0 aliphatic carbocycles. The lowest BCUT2D eigenvalue weighted by atomic mass is 10.1. The number of nitrogens with zero attached hydrogens (tertiary/aromatic N) is 4. The van der Waals surface area contributed by atoms with Gasteiger partial charge in [0.25, 0.3) is 0 Å². The van der Waals surface area contributed by atoms with Crippen LogP contribution in [0, 0.1) is 6.92 Å². The fraction of sp³-hybridized carbons (Fsp3) is 0.316. The van der Waals surface area contributed by atoms with Gasteiger partial charge in [-0.15, -0.1) is 0 Å². The van der Waals surface area contributed by atoms with Crippen LogP contribution >= 0.6 is 0 Å². The summed E-state index contributed by atoms with van der Waals surface area (Å²) in [5, 5.41) is 14.4. The zero-order chi connectivity index (χ0) is 18.8. The summed E-state index contributed by atoms with van der Waals surface area (Å²) in [5.74, 6) is 2.10. The third kappa shape index (κ3) is 3.56. The van der Waals surface area contributed by atoms with E-state index in [2.05, 4.69) is 32.0 Å². The van der Waals surface area contributed by atoms with Crippen LogP contribution in [0.1, 0.15) is 11.4 Å². The molecular formula is C19H23N7O. The van der Waals surface area contributed by atoms with Crippen molar-refractivity contribution in [1.29, 1.82) is 0 Å². The predicted molar refractivity (Wildman–Crippen MR) is 106 cm³/mol. The Bertz CT molecular complexity index is 943. The normalized spacial score (nSPS) is 13.1. The lowest BCUT2D eigenvalue weighted by molar-refractivity contribution is 0.416. The Labute approximate surface area is 158 Å². The van der Waals surface area contributed by atoms with E-state index >= 15 is 0 Å². The third-order valence-electron chi connectivity index (χ3n) is 4.51. The Kier molecular flexibility index (Phi) is 4.64. The first-order valence-corrected chi connectivity index (χ1v) is 8.92. The number of hydrogen-bond donors (Lipinski definition) is 3. The van der Waals surface area contributed by atoms with Crippen molar-refractivity contribution in [2.45, 2.75) is 20.0 Å². The average molecular weight is 365 g/mol. The monoisotopic (exact) mass is 365 g/mol. The van der Waals surface area contributed by atoms with E-state index in [4.69, 9.17) is 9.84 Å². The summed E-state index contributed by atoms with van der Waals surface area (Å²) in [5.41, 5.74) is 4.78. The molecule has 27 heavy (non-hydrogen) atoms. The summed E-state index contributed by atoms with van der Waals surface area (Å²) in [6, 6.07) is 9.91. The van der Waals surface area contributed by atoms with Crippen LogP contribution < -0.4 is 20.7 Å². The van der Waals surface area contributed by atoms with Crippen molar-refractivity contribution in [2.75, 3.05) is 31.3 Å². The zero-order valence-electron chi connectivity index (χ0n) is 15.7. The van der Waals surface area contributed by atoms with E-state index in [0.717, 1.165) is 53.8 Å². The zero-order valence-corrected chi connectivity index (χ0v) is 15.7. The Morgan fingerprint density at radius 1 is 1.19 bits per heavy atom. The highest BCUT2D eigenvalue weighted by Crippen LogP contribution is 2.33. The van der Waals surface area contributed by atoms with Crippen molar-refractivity contribution in [1.82, 2.24) is 25.1 Å². The van der Waals surface area contributed by atoms with Gasteiger partial charge in [0, 0.05) is 43.1 Å². The van der Waals surface area contributed by atoms with E-state index in [1.807, 2.05) is 42.9 Å². The van der Waals surface area contributed by atoms with Gasteiger partial charge in [-0.2, -0.15) is 10.1 Å². The molecular weight excluding hydrogens is 342 g/mol. The SMILES string of the molecule is CNc1cc(C)nc(Nc2ccc(OC)c(-c3cc4n(n3)CCNC4)c2)n1. The molecule has 0 unspecified atom stereocenters. The largest absolute Gasteiger partial charge is 0.496 e. The highest BCUT2D eigenvalue weighted by atomic mass is 16.5. The number of anilines is 3. The van der Waals surface area contributed by atoms with E-state index in [9.17, 15) is 0 Å². The number of ether oxygens (including phenoxy) is 1. The molecule has 140 valence electrons. The fourth-order valence-electron chi connectivity index (χ4n) is 3.19. The molecule has 8 nitrogen and oxygen atoms in total. The van der Waals surface area contributed by atoms with Crippen molar-refractivity contribution >= 4 is 17.5 Å². The van der Waals surface area contributed by atoms with Crippen molar-refractivity contribution in [3.63, 3.8) is 0 Å². The van der Waals surface area contributed by atoms with Crippen LogP contribution in [0.4, 0.5) is 17.5 Å². The minimum absolute atomic E-state index is 0.545. The van der Waals surface area contributed by atoms with E-state index in [-0.39, 0.29) is 0 Å².